The van der Waals surface area contributed by atoms with E-state index in [0.717, 1.165) is 42.2 Å². The van der Waals surface area contributed by atoms with Crippen LogP contribution in [0.3, 0.4) is 0 Å². The van der Waals surface area contributed by atoms with E-state index >= 15 is 0 Å². The first-order valence-electron chi connectivity index (χ1n) is 12.1. The van der Waals surface area contributed by atoms with Crippen LogP contribution >= 0.6 is 23.4 Å². The number of nitrogens with one attached hydrogen (secondary N) is 4. The van der Waals surface area contributed by atoms with Crippen molar-refractivity contribution < 1.29 is 4.79 Å². The number of anilines is 4. The van der Waals surface area contributed by atoms with Gasteiger partial charge in [0.2, 0.25) is 5.95 Å². The predicted molar refractivity (Wildman–Crippen MR) is 150 cm³/mol. The molecule has 1 aliphatic heterocycles. The van der Waals surface area contributed by atoms with Crippen LogP contribution in [-0.4, -0.2) is 35.5 Å². The number of benzene rings is 2. The molecule has 0 radical (unpaired) electrons. The monoisotopic (exact) mass is 522 g/mol. The Morgan fingerprint density at radius 3 is 2.78 bits per heavy atom. The van der Waals surface area contributed by atoms with Crippen molar-refractivity contribution in [2.24, 2.45) is 5.92 Å². The van der Waals surface area contributed by atoms with Crippen molar-refractivity contribution in [3.63, 3.8) is 0 Å². The van der Waals surface area contributed by atoms with Gasteiger partial charge in [-0.1, -0.05) is 41.6 Å². The van der Waals surface area contributed by atoms with Crippen LogP contribution in [0.1, 0.15) is 35.7 Å². The van der Waals surface area contributed by atoms with Gasteiger partial charge in [0, 0.05) is 28.4 Å². The molecule has 4 N–H and O–H groups in total. The number of aryl methyl sites for hydroxylation is 1. The number of hydrogen-bond acceptors (Lipinski definition) is 7. The summed E-state index contributed by atoms with van der Waals surface area (Å²) >= 11 is 8.04. The standard InChI is InChI=1S/C27H31ClN6OS/c1-3-13-36-24-15-22(8-7-18(24)2)32-25-23(28)17-31-27(34-25)33-21-6-4-5-20(14-21)26(35)30-16-19-9-11-29-12-10-19/h3-8,13-15,17,19,29H,9-12,16H2,1-2H3,(H,30,35)(H2,31,32,33,34)/b13-3-. The number of halogens is 1. The Hall–Kier alpha value is -3.07. The van der Waals surface area contributed by atoms with E-state index < -0.39 is 0 Å². The molecule has 188 valence electrons. The zero-order chi connectivity index (χ0) is 25.3. The molecule has 0 aliphatic carbocycles. The van der Waals surface area contributed by atoms with E-state index in [0.29, 0.717) is 34.8 Å². The highest BCUT2D eigenvalue weighted by molar-refractivity contribution is 8.02. The molecule has 0 unspecified atom stereocenters. The minimum atomic E-state index is -0.0810. The second-order valence-corrected chi connectivity index (χ2v) is 10.0. The molecule has 0 saturated carbocycles. The second-order valence-electron chi connectivity index (χ2n) is 8.69. The van der Waals surface area contributed by atoms with Crippen molar-refractivity contribution in [2.45, 2.75) is 31.6 Å². The smallest absolute Gasteiger partial charge is 0.251 e. The molecule has 4 rings (SSSR count). The van der Waals surface area contributed by atoms with E-state index in [-0.39, 0.29) is 5.91 Å². The summed E-state index contributed by atoms with van der Waals surface area (Å²) in [4.78, 5) is 22.7. The Bertz CT molecular complexity index is 1230. The summed E-state index contributed by atoms with van der Waals surface area (Å²) in [5.41, 5.74) is 3.39. The Kier molecular flexibility index (Phi) is 9.22. The maximum absolute atomic E-state index is 12.7. The van der Waals surface area contributed by atoms with Gasteiger partial charge in [-0.15, -0.1) is 0 Å². The molecule has 3 aromatic rings. The molecule has 1 aromatic heterocycles. The fourth-order valence-electron chi connectivity index (χ4n) is 3.89. The number of aromatic nitrogens is 2. The van der Waals surface area contributed by atoms with E-state index in [4.69, 9.17) is 11.6 Å². The van der Waals surface area contributed by atoms with Gasteiger partial charge < -0.3 is 21.3 Å². The minimum absolute atomic E-state index is 0.0810. The van der Waals surface area contributed by atoms with Crippen LogP contribution in [0.15, 0.2) is 65.0 Å². The molecule has 36 heavy (non-hydrogen) atoms. The zero-order valence-electron chi connectivity index (χ0n) is 20.5. The molecule has 1 aliphatic rings. The number of hydrogen-bond donors (Lipinski definition) is 4. The van der Waals surface area contributed by atoms with Gasteiger partial charge in [0.25, 0.3) is 5.91 Å². The average Bonchev–Trinajstić information content (AvgIpc) is 2.90. The van der Waals surface area contributed by atoms with Gasteiger partial charge in [-0.25, -0.2) is 4.98 Å². The lowest BCUT2D eigenvalue weighted by Crippen LogP contribution is -2.35. The summed E-state index contributed by atoms with van der Waals surface area (Å²) in [6.07, 6.45) is 5.74. The predicted octanol–water partition coefficient (Wildman–Crippen LogP) is 6.28. The molecule has 0 spiro atoms. The molecule has 0 atom stereocenters. The summed E-state index contributed by atoms with van der Waals surface area (Å²) < 4.78 is 0. The van der Waals surface area contributed by atoms with Crippen molar-refractivity contribution >= 4 is 52.4 Å². The summed E-state index contributed by atoms with van der Waals surface area (Å²) in [5.74, 6) is 1.32. The quantitative estimate of drug-likeness (QED) is 0.246. The number of carbonyl (C=O) groups is 1. The van der Waals surface area contributed by atoms with Crippen LogP contribution in [-0.2, 0) is 0 Å². The Labute approximate surface area is 221 Å². The minimum Gasteiger partial charge on any atom is -0.352 e. The lowest BCUT2D eigenvalue weighted by molar-refractivity contribution is 0.0944. The number of allylic oxidation sites excluding steroid dienone is 1. The number of piperidine rings is 1. The molecule has 7 nitrogen and oxygen atoms in total. The lowest BCUT2D eigenvalue weighted by atomic mass is 9.98. The van der Waals surface area contributed by atoms with Crippen molar-refractivity contribution in [3.05, 3.63) is 76.3 Å². The van der Waals surface area contributed by atoms with Crippen LogP contribution in [0.4, 0.5) is 23.1 Å². The number of nitrogens with zero attached hydrogens (tertiary/aromatic N) is 2. The molecule has 9 heteroatoms. The molecule has 0 bridgehead atoms. The second kappa shape index (κ2) is 12.8. The van der Waals surface area contributed by atoms with E-state index in [1.165, 1.54) is 5.56 Å². The topological polar surface area (TPSA) is 91.0 Å². The first-order chi connectivity index (χ1) is 17.5. The van der Waals surface area contributed by atoms with E-state index in [1.54, 1.807) is 30.1 Å². The Balaban J connectivity index is 1.43. The maximum atomic E-state index is 12.7. The van der Waals surface area contributed by atoms with Gasteiger partial charge in [0.05, 0.1) is 6.20 Å². The highest BCUT2D eigenvalue weighted by Crippen LogP contribution is 2.30. The molecule has 1 amide bonds. The highest BCUT2D eigenvalue weighted by Gasteiger charge is 2.15. The first-order valence-corrected chi connectivity index (χ1v) is 13.3. The van der Waals surface area contributed by atoms with E-state index in [1.807, 2.05) is 36.6 Å². The SMILES string of the molecule is C/C=C\Sc1cc(Nc2nc(Nc3cccc(C(=O)NCC4CCNCC4)c3)ncc2Cl)ccc1C. The summed E-state index contributed by atoms with van der Waals surface area (Å²) in [7, 11) is 0. The molecule has 2 heterocycles. The van der Waals surface area contributed by atoms with Gasteiger partial charge in [0.15, 0.2) is 5.82 Å². The molecule has 2 aromatic carbocycles. The third kappa shape index (κ3) is 7.22. The van der Waals surface area contributed by atoms with Gasteiger partial charge in [-0.05, 0) is 87.0 Å². The fraction of sp³-hybridized carbons (Fsp3) is 0.296. The van der Waals surface area contributed by atoms with Crippen LogP contribution in [0, 0.1) is 12.8 Å². The van der Waals surface area contributed by atoms with Crippen molar-refractivity contribution in [2.75, 3.05) is 30.3 Å². The summed E-state index contributed by atoms with van der Waals surface area (Å²) in [5, 5.41) is 15.4. The van der Waals surface area contributed by atoms with Gasteiger partial charge >= 0.3 is 0 Å². The fourth-order valence-corrected chi connectivity index (χ4v) is 4.76. The van der Waals surface area contributed by atoms with Crippen LogP contribution in [0.5, 0.6) is 0 Å². The number of rotatable bonds is 9. The normalized spacial score (nSPS) is 14.1. The highest BCUT2D eigenvalue weighted by atomic mass is 35.5. The molecule has 1 saturated heterocycles. The van der Waals surface area contributed by atoms with Crippen molar-refractivity contribution in [1.29, 1.82) is 0 Å². The number of amides is 1. The molecule has 1 fully saturated rings. The summed E-state index contributed by atoms with van der Waals surface area (Å²) in [6, 6.07) is 13.4. The number of carbonyl (C=O) groups excluding carboxylic acids is 1. The van der Waals surface area contributed by atoms with Crippen molar-refractivity contribution in [3.8, 4) is 0 Å². The van der Waals surface area contributed by atoms with Gasteiger partial charge in [-0.3, -0.25) is 4.79 Å². The third-order valence-corrected chi connectivity index (χ3v) is 7.30. The lowest BCUT2D eigenvalue weighted by Gasteiger charge is -2.22. The van der Waals surface area contributed by atoms with E-state index in [9.17, 15) is 4.79 Å². The third-order valence-electron chi connectivity index (χ3n) is 5.92. The average molecular weight is 523 g/mol. The molecular weight excluding hydrogens is 492 g/mol. The van der Waals surface area contributed by atoms with Crippen LogP contribution in [0.2, 0.25) is 5.02 Å². The zero-order valence-corrected chi connectivity index (χ0v) is 22.0. The van der Waals surface area contributed by atoms with Crippen molar-refractivity contribution in [1.82, 2.24) is 20.6 Å². The Morgan fingerprint density at radius 2 is 1.97 bits per heavy atom. The summed E-state index contributed by atoms with van der Waals surface area (Å²) in [6.45, 7) is 6.80. The maximum Gasteiger partial charge on any atom is 0.251 e. The molecular formula is C27H31ClN6OS. The van der Waals surface area contributed by atoms with Crippen LogP contribution < -0.4 is 21.3 Å². The van der Waals surface area contributed by atoms with Gasteiger partial charge in [0.1, 0.15) is 5.02 Å². The largest absolute Gasteiger partial charge is 0.352 e. The number of thioether (sulfide) groups is 1. The van der Waals surface area contributed by atoms with Crippen LogP contribution in [0.25, 0.3) is 0 Å². The van der Waals surface area contributed by atoms with E-state index in [2.05, 4.69) is 50.3 Å². The first kappa shape index (κ1) is 26.0. The van der Waals surface area contributed by atoms with Gasteiger partial charge in [-0.2, -0.15) is 4.98 Å². The Morgan fingerprint density at radius 1 is 1.17 bits per heavy atom.